The number of thiol groups is 1. The number of nitrogen functional groups attached to an aromatic ring is 1. The predicted octanol–water partition coefficient (Wildman–Crippen LogP) is 0.227. The van der Waals surface area contributed by atoms with Gasteiger partial charge in [0.15, 0.2) is 0 Å². The van der Waals surface area contributed by atoms with E-state index < -0.39 is 48.5 Å². The molecular formula is C15H22N5O12P3S. The van der Waals surface area contributed by atoms with Gasteiger partial charge in [0.2, 0.25) is 0 Å². The van der Waals surface area contributed by atoms with Gasteiger partial charge in [-0.1, -0.05) is 11.8 Å². The van der Waals surface area contributed by atoms with E-state index in [9.17, 15) is 23.5 Å². The standard InChI is InChI=1S/C15H22N5O12P3S/c16-3-1-2-9-5-20(15-13(9)14(17)18-7-19-15)12-4-10(28-8-36)11(30-12)6-29-34(24,25)32-35(26,27)31-33(21,22)23/h5,7,10-12,36H,3-4,6,8,16H2,(H,24,25)(H,26,27)(H2,17,18,19)(H2,21,22,23)/t10-,11?,12-/m1/s1. The molecule has 1 aliphatic heterocycles. The molecule has 36 heavy (non-hydrogen) atoms. The highest BCUT2D eigenvalue weighted by Gasteiger charge is 2.43. The van der Waals surface area contributed by atoms with Gasteiger partial charge in [-0.05, 0) is 0 Å². The molecule has 1 saturated heterocycles. The third-order valence-corrected chi connectivity index (χ3v) is 8.51. The summed E-state index contributed by atoms with van der Waals surface area (Å²) in [4.78, 5) is 44.4. The van der Waals surface area contributed by atoms with Crippen LogP contribution in [0.15, 0.2) is 12.5 Å². The summed E-state index contributed by atoms with van der Waals surface area (Å²) in [6.45, 7) is -0.602. The number of aromatic nitrogens is 3. The highest BCUT2D eigenvalue weighted by molar-refractivity contribution is 7.80. The van der Waals surface area contributed by atoms with Crippen molar-refractivity contribution in [1.29, 1.82) is 0 Å². The van der Waals surface area contributed by atoms with Crippen LogP contribution in [0.1, 0.15) is 18.2 Å². The molecule has 2 aromatic rings. The topological polar surface area (TPSA) is 261 Å². The zero-order valence-corrected chi connectivity index (χ0v) is 21.6. The first-order valence-corrected chi connectivity index (χ1v) is 14.9. The molecule has 3 unspecified atom stereocenters. The fraction of sp³-hybridized carbons (Fsp3) is 0.467. The van der Waals surface area contributed by atoms with E-state index in [4.69, 9.17) is 35.3 Å². The van der Waals surface area contributed by atoms with E-state index in [1.165, 1.54) is 6.33 Å². The van der Waals surface area contributed by atoms with Crippen LogP contribution in [0.25, 0.3) is 11.0 Å². The highest BCUT2D eigenvalue weighted by atomic mass is 32.1. The van der Waals surface area contributed by atoms with Crippen molar-refractivity contribution in [2.24, 2.45) is 5.73 Å². The molecule has 0 saturated carbocycles. The van der Waals surface area contributed by atoms with Gasteiger partial charge in [0.1, 0.15) is 30.1 Å². The Balaban J connectivity index is 1.80. The molecular weight excluding hydrogens is 567 g/mol. The Morgan fingerprint density at radius 3 is 2.56 bits per heavy atom. The fourth-order valence-electron chi connectivity index (χ4n) is 3.33. The van der Waals surface area contributed by atoms with Gasteiger partial charge in [-0.3, -0.25) is 4.52 Å². The lowest BCUT2D eigenvalue weighted by molar-refractivity contribution is -0.0520. The van der Waals surface area contributed by atoms with Crippen LogP contribution in [-0.4, -0.2) is 65.4 Å². The molecule has 0 spiro atoms. The SMILES string of the molecule is NCC#Cc1cn([C@H]2C[C@@H](OCS)C(COP(=O)(O)OP(=O)(O)OP(=O)(O)O)O2)c2ncnc(N)c12. The number of nitrogens with two attached hydrogens (primary N) is 2. The maximum Gasteiger partial charge on any atom is 0.490 e. The molecule has 200 valence electrons. The first-order chi connectivity index (χ1) is 16.8. The van der Waals surface area contributed by atoms with E-state index in [-0.39, 0.29) is 24.7 Å². The lowest BCUT2D eigenvalue weighted by atomic mass is 10.2. The fourth-order valence-corrected chi connectivity index (χ4v) is 6.55. The van der Waals surface area contributed by atoms with Gasteiger partial charge in [0, 0.05) is 12.6 Å². The normalized spacial score (nSPS) is 23.7. The maximum absolute atomic E-state index is 12.1. The minimum atomic E-state index is -5.66. The van der Waals surface area contributed by atoms with Crippen molar-refractivity contribution < 1.29 is 55.9 Å². The molecule has 17 nitrogen and oxygen atoms in total. The Hall–Kier alpha value is -1.38. The summed E-state index contributed by atoms with van der Waals surface area (Å²) in [6, 6.07) is 0. The van der Waals surface area contributed by atoms with E-state index in [2.05, 4.69) is 43.1 Å². The number of rotatable bonds is 10. The Bertz CT molecular complexity index is 1310. The van der Waals surface area contributed by atoms with E-state index in [1.54, 1.807) is 10.8 Å². The lowest BCUT2D eigenvalue weighted by Crippen LogP contribution is -2.28. The first kappa shape index (κ1) is 29.2. The van der Waals surface area contributed by atoms with Gasteiger partial charge in [0.05, 0.1) is 36.1 Å². The third-order valence-electron chi connectivity index (χ3n) is 4.56. The molecule has 3 rings (SSSR count). The van der Waals surface area contributed by atoms with Crippen LogP contribution >= 0.6 is 36.1 Å². The Morgan fingerprint density at radius 1 is 1.19 bits per heavy atom. The van der Waals surface area contributed by atoms with E-state index >= 15 is 0 Å². The average molecular weight is 589 g/mol. The Morgan fingerprint density at radius 2 is 1.92 bits per heavy atom. The van der Waals surface area contributed by atoms with Crippen molar-refractivity contribution in [3.05, 3.63) is 18.1 Å². The second-order valence-electron chi connectivity index (χ2n) is 7.00. The van der Waals surface area contributed by atoms with Crippen LogP contribution in [-0.2, 0) is 36.3 Å². The van der Waals surface area contributed by atoms with Gasteiger partial charge >= 0.3 is 23.5 Å². The molecule has 0 radical (unpaired) electrons. The van der Waals surface area contributed by atoms with Crippen LogP contribution in [0.2, 0.25) is 0 Å². The number of hydrogen-bond donors (Lipinski definition) is 7. The number of phosphoric acid groups is 3. The minimum absolute atomic E-state index is 0.0543. The number of anilines is 1. The Kier molecular flexibility index (Phi) is 9.37. The van der Waals surface area contributed by atoms with Crippen molar-refractivity contribution >= 4 is 52.9 Å². The van der Waals surface area contributed by atoms with Crippen LogP contribution in [0.5, 0.6) is 0 Å². The van der Waals surface area contributed by atoms with E-state index in [1.807, 2.05) is 0 Å². The van der Waals surface area contributed by atoms with Crippen molar-refractivity contribution in [3.8, 4) is 11.8 Å². The molecule has 0 bridgehead atoms. The smallest absolute Gasteiger partial charge is 0.383 e. The molecule has 0 aromatic carbocycles. The summed E-state index contributed by atoms with van der Waals surface area (Å²) in [5.74, 6) is 5.71. The summed E-state index contributed by atoms with van der Waals surface area (Å²) >= 11 is 4.01. The zero-order valence-electron chi connectivity index (χ0n) is 18.1. The highest BCUT2D eigenvalue weighted by Crippen LogP contribution is 2.66. The summed E-state index contributed by atoms with van der Waals surface area (Å²) in [5.41, 5.74) is 12.3. The quantitative estimate of drug-likeness (QED) is 0.0846. The second kappa shape index (κ2) is 11.6. The van der Waals surface area contributed by atoms with Crippen LogP contribution < -0.4 is 11.5 Å². The number of phosphoric ester groups is 1. The molecule has 0 aliphatic carbocycles. The van der Waals surface area contributed by atoms with E-state index in [0.29, 0.717) is 16.6 Å². The third kappa shape index (κ3) is 7.57. The lowest BCUT2D eigenvalue weighted by Gasteiger charge is -2.20. The van der Waals surface area contributed by atoms with E-state index in [0.717, 1.165) is 0 Å². The van der Waals surface area contributed by atoms with Crippen molar-refractivity contribution in [1.82, 2.24) is 14.5 Å². The first-order valence-electron chi connectivity index (χ1n) is 9.71. The summed E-state index contributed by atoms with van der Waals surface area (Å²) in [5, 5.41) is 0.463. The summed E-state index contributed by atoms with van der Waals surface area (Å²) in [7, 11) is -16.5. The summed E-state index contributed by atoms with van der Waals surface area (Å²) in [6.07, 6.45) is 0.526. The van der Waals surface area contributed by atoms with Gasteiger partial charge in [-0.2, -0.15) is 21.3 Å². The Labute approximate surface area is 208 Å². The zero-order chi connectivity index (χ0) is 26.7. The van der Waals surface area contributed by atoms with Crippen molar-refractivity contribution in [3.63, 3.8) is 0 Å². The van der Waals surface area contributed by atoms with Crippen LogP contribution in [0.4, 0.5) is 5.82 Å². The molecule has 5 atom stereocenters. The van der Waals surface area contributed by atoms with Gasteiger partial charge < -0.3 is 45.1 Å². The number of hydrogen-bond acceptors (Lipinski definition) is 13. The molecule has 1 fully saturated rings. The maximum atomic E-state index is 12.1. The summed E-state index contributed by atoms with van der Waals surface area (Å²) < 4.78 is 59.5. The van der Waals surface area contributed by atoms with Crippen molar-refractivity contribution in [2.75, 3.05) is 24.8 Å². The van der Waals surface area contributed by atoms with Gasteiger partial charge in [0.25, 0.3) is 0 Å². The number of fused-ring (bicyclic) bond motifs is 1. The number of nitrogens with zero attached hydrogens (tertiary/aromatic N) is 3. The minimum Gasteiger partial charge on any atom is -0.383 e. The van der Waals surface area contributed by atoms with Gasteiger partial charge in [-0.25, -0.2) is 23.7 Å². The van der Waals surface area contributed by atoms with Crippen LogP contribution in [0, 0.1) is 11.8 Å². The van der Waals surface area contributed by atoms with Crippen molar-refractivity contribution in [2.45, 2.75) is 24.9 Å². The molecule has 21 heteroatoms. The molecule has 0 amide bonds. The molecule has 2 aromatic heterocycles. The van der Waals surface area contributed by atoms with Gasteiger partial charge in [-0.15, -0.1) is 0 Å². The van der Waals surface area contributed by atoms with Crippen LogP contribution in [0.3, 0.4) is 0 Å². The monoisotopic (exact) mass is 589 g/mol. The average Bonchev–Trinajstić information content (AvgIpc) is 3.30. The largest absolute Gasteiger partial charge is 0.490 e. The second-order valence-corrected chi connectivity index (χ2v) is 11.7. The molecule has 3 heterocycles. The molecule has 8 N–H and O–H groups in total. The predicted molar refractivity (Wildman–Crippen MR) is 125 cm³/mol. The number of ether oxygens (including phenoxy) is 2. The molecule has 1 aliphatic rings.